The molecule has 6 N–H and O–H groups in total. The molecule has 0 amide bonds. The van der Waals surface area contributed by atoms with Gasteiger partial charge < -0.3 is 16.0 Å². The first-order valence-electron chi connectivity index (χ1n) is 6.81. The van der Waals surface area contributed by atoms with Crippen LogP contribution in [0.25, 0.3) is 10.9 Å². The summed E-state index contributed by atoms with van der Waals surface area (Å²) in [6.45, 7) is 2.12. The number of nitrogens with zero attached hydrogens (tertiary/aromatic N) is 1. The number of hydrogen-bond donors (Lipinski definition) is 4. The Morgan fingerprint density at radius 3 is 2.95 bits per heavy atom. The van der Waals surface area contributed by atoms with E-state index in [1.54, 1.807) is 0 Å². The Morgan fingerprint density at radius 2 is 2.15 bits per heavy atom. The molecular formula is C15H19N5. The smallest absolute Gasteiger partial charge is 0.211 e. The van der Waals surface area contributed by atoms with Gasteiger partial charge in [0.1, 0.15) is 5.84 Å². The monoisotopic (exact) mass is 269 g/mol. The van der Waals surface area contributed by atoms with Gasteiger partial charge >= 0.3 is 0 Å². The molecule has 1 aromatic carbocycles. The summed E-state index contributed by atoms with van der Waals surface area (Å²) >= 11 is 0. The molecule has 0 aliphatic carbocycles. The van der Waals surface area contributed by atoms with Crippen LogP contribution >= 0.6 is 0 Å². The maximum atomic E-state index is 6.42. The first-order valence-corrected chi connectivity index (χ1v) is 6.81. The first kappa shape index (κ1) is 12.7. The van der Waals surface area contributed by atoms with Gasteiger partial charge in [0.15, 0.2) is 0 Å². The summed E-state index contributed by atoms with van der Waals surface area (Å²) in [6, 6.07) is 8.04. The molecule has 104 valence electrons. The van der Waals surface area contributed by atoms with E-state index in [1.165, 1.54) is 0 Å². The van der Waals surface area contributed by atoms with Crippen molar-refractivity contribution in [3.8, 4) is 0 Å². The Hall–Kier alpha value is -2.27. The lowest BCUT2D eigenvalue weighted by atomic mass is 10.0. The second-order valence-electron chi connectivity index (χ2n) is 5.13. The molecule has 0 radical (unpaired) electrons. The fraction of sp³-hybridized carbons (Fsp3) is 0.267. The minimum atomic E-state index is -0.997. The molecule has 1 aromatic heterocycles. The molecule has 5 nitrogen and oxygen atoms in total. The molecule has 0 fully saturated rings. The van der Waals surface area contributed by atoms with Crippen molar-refractivity contribution in [2.45, 2.75) is 25.6 Å². The summed E-state index contributed by atoms with van der Waals surface area (Å²) in [5.41, 5.74) is 15.3. The van der Waals surface area contributed by atoms with Crippen LogP contribution in [-0.4, -0.2) is 10.8 Å². The first-order chi connectivity index (χ1) is 9.60. The lowest BCUT2D eigenvalue weighted by molar-refractivity contribution is 0.387. The van der Waals surface area contributed by atoms with Gasteiger partial charge in [-0.15, -0.1) is 0 Å². The molecule has 1 atom stereocenters. The zero-order valence-electron chi connectivity index (χ0n) is 11.5. The van der Waals surface area contributed by atoms with Gasteiger partial charge in [-0.2, -0.15) is 0 Å². The zero-order valence-corrected chi connectivity index (χ0v) is 11.5. The van der Waals surface area contributed by atoms with Gasteiger partial charge in [0.2, 0.25) is 5.79 Å². The average molecular weight is 269 g/mol. The summed E-state index contributed by atoms with van der Waals surface area (Å²) in [5.74, 6) is -0.538. The Balaban J connectivity index is 2.01. The summed E-state index contributed by atoms with van der Waals surface area (Å²) in [6.07, 6.45) is 5.69. The van der Waals surface area contributed by atoms with E-state index in [1.807, 2.05) is 36.5 Å². The van der Waals surface area contributed by atoms with E-state index in [-0.39, 0.29) is 0 Å². The van der Waals surface area contributed by atoms with Gasteiger partial charge in [0, 0.05) is 23.0 Å². The standard InChI is InChI=1S/C15H19N5/c1-2-3-12-9-14(16)20-15(17,19-12)11-5-4-10-6-7-18-13(10)8-11/h4-9,18-19H,2-3,17H2,1H3,(H2,16,20). The van der Waals surface area contributed by atoms with Crippen LogP contribution in [0.5, 0.6) is 0 Å². The number of H-pyrrole nitrogens is 1. The van der Waals surface area contributed by atoms with Crippen molar-refractivity contribution in [3.05, 3.63) is 47.8 Å². The van der Waals surface area contributed by atoms with Gasteiger partial charge in [0.25, 0.3) is 0 Å². The van der Waals surface area contributed by atoms with Crippen LogP contribution in [0.2, 0.25) is 0 Å². The Labute approximate surface area is 117 Å². The maximum Gasteiger partial charge on any atom is 0.211 e. The minimum Gasteiger partial charge on any atom is -0.384 e. The van der Waals surface area contributed by atoms with Crippen LogP contribution in [0.15, 0.2) is 47.2 Å². The van der Waals surface area contributed by atoms with Crippen LogP contribution in [0.3, 0.4) is 0 Å². The van der Waals surface area contributed by atoms with E-state index in [4.69, 9.17) is 11.5 Å². The number of nitrogens with one attached hydrogen (secondary N) is 2. The number of hydrogen-bond acceptors (Lipinski definition) is 4. The molecule has 0 saturated heterocycles. The van der Waals surface area contributed by atoms with E-state index >= 15 is 0 Å². The molecule has 5 heteroatoms. The van der Waals surface area contributed by atoms with Crippen molar-refractivity contribution in [1.29, 1.82) is 0 Å². The van der Waals surface area contributed by atoms with Gasteiger partial charge in [-0.05, 0) is 30.0 Å². The number of rotatable bonds is 3. The van der Waals surface area contributed by atoms with E-state index in [9.17, 15) is 0 Å². The fourth-order valence-corrected chi connectivity index (χ4v) is 2.55. The van der Waals surface area contributed by atoms with Crippen molar-refractivity contribution in [1.82, 2.24) is 10.3 Å². The van der Waals surface area contributed by atoms with Crippen molar-refractivity contribution >= 4 is 16.7 Å². The van der Waals surface area contributed by atoms with Crippen molar-refractivity contribution < 1.29 is 0 Å². The molecule has 1 aliphatic heterocycles. The van der Waals surface area contributed by atoms with Crippen molar-refractivity contribution in [2.75, 3.05) is 0 Å². The average Bonchev–Trinajstić information content (AvgIpc) is 2.85. The quantitative estimate of drug-likeness (QED) is 0.685. The minimum absolute atomic E-state index is 0.460. The van der Waals surface area contributed by atoms with E-state index in [0.29, 0.717) is 5.84 Å². The van der Waals surface area contributed by atoms with Crippen LogP contribution in [0.1, 0.15) is 25.3 Å². The predicted octanol–water partition coefficient (Wildman–Crippen LogP) is 1.88. The fourth-order valence-electron chi connectivity index (χ4n) is 2.55. The molecule has 1 aliphatic rings. The predicted molar refractivity (Wildman–Crippen MR) is 81.9 cm³/mol. The SMILES string of the molecule is CCCC1=CC(N)=NC(N)(c2ccc3cc[nH]c3c2)N1. The molecule has 0 bridgehead atoms. The normalized spacial score (nSPS) is 22.3. The van der Waals surface area contributed by atoms with Gasteiger partial charge in [0.05, 0.1) is 0 Å². The highest BCUT2D eigenvalue weighted by molar-refractivity contribution is 5.93. The third kappa shape index (κ3) is 2.16. The van der Waals surface area contributed by atoms with Crippen LogP contribution in [-0.2, 0) is 5.79 Å². The van der Waals surface area contributed by atoms with Gasteiger partial charge in [-0.1, -0.05) is 25.5 Å². The number of fused-ring (bicyclic) bond motifs is 1. The van der Waals surface area contributed by atoms with Crippen LogP contribution in [0, 0.1) is 0 Å². The number of nitrogens with two attached hydrogens (primary N) is 2. The van der Waals surface area contributed by atoms with E-state index in [2.05, 4.69) is 22.2 Å². The number of aromatic amines is 1. The van der Waals surface area contributed by atoms with Crippen LogP contribution in [0.4, 0.5) is 0 Å². The third-order valence-corrected chi connectivity index (χ3v) is 3.49. The molecule has 1 unspecified atom stereocenters. The highest BCUT2D eigenvalue weighted by atomic mass is 15.3. The van der Waals surface area contributed by atoms with Crippen molar-refractivity contribution in [3.63, 3.8) is 0 Å². The lowest BCUT2D eigenvalue weighted by Gasteiger charge is -2.32. The van der Waals surface area contributed by atoms with Crippen LogP contribution < -0.4 is 16.8 Å². The Kier molecular flexibility index (Phi) is 2.99. The highest BCUT2D eigenvalue weighted by Gasteiger charge is 2.30. The van der Waals surface area contributed by atoms with E-state index < -0.39 is 5.79 Å². The Bertz CT molecular complexity index is 697. The topological polar surface area (TPSA) is 92.2 Å². The lowest BCUT2D eigenvalue weighted by Crippen LogP contribution is -2.51. The molecule has 2 aromatic rings. The molecule has 0 saturated carbocycles. The molecule has 0 spiro atoms. The van der Waals surface area contributed by atoms with Gasteiger partial charge in [-0.3, -0.25) is 5.73 Å². The maximum absolute atomic E-state index is 6.42. The second kappa shape index (κ2) is 4.68. The highest BCUT2D eigenvalue weighted by Crippen LogP contribution is 2.25. The summed E-state index contributed by atoms with van der Waals surface area (Å²) in [4.78, 5) is 7.57. The second-order valence-corrected chi connectivity index (χ2v) is 5.13. The number of benzene rings is 1. The van der Waals surface area contributed by atoms with E-state index in [0.717, 1.165) is 35.0 Å². The van der Waals surface area contributed by atoms with Crippen molar-refractivity contribution in [2.24, 2.45) is 16.5 Å². The molecule has 2 heterocycles. The van der Waals surface area contributed by atoms with Gasteiger partial charge in [-0.25, -0.2) is 4.99 Å². The number of amidine groups is 1. The number of aliphatic imine (C=N–C) groups is 1. The molecule has 3 rings (SSSR count). The third-order valence-electron chi connectivity index (χ3n) is 3.49. The Morgan fingerprint density at radius 1 is 1.30 bits per heavy atom. The summed E-state index contributed by atoms with van der Waals surface area (Å²) in [5, 5.41) is 4.44. The zero-order chi connectivity index (χ0) is 14.2. The number of aromatic nitrogens is 1. The molecule has 20 heavy (non-hydrogen) atoms. The summed E-state index contributed by atoms with van der Waals surface area (Å²) in [7, 11) is 0. The number of allylic oxidation sites excluding steroid dienone is 1. The molecular weight excluding hydrogens is 250 g/mol. The largest absolute Gasteiger partial charge is 0.384 e. The summed E-state index contributed by atoms with van der Waals surface area (Å²) < 4.78 is 0.